The van der Waals surface area contributed by atoms with Crippen LogP contribution >= 0.6 is 0 Å². The molecule has 0 radical (unpaired) electrons. The molecule has 1 saturated heterocycles. The molecule has 0 spiro atoms. The van der Waals surface area contributed by atoms with Crippen molar-refractivity contribution in [3.8, 4) is 0 Å². The third-order valence-corrected chi connectivity index (χ3v) is 5.95. The van der Waals surface area contributed by atoms with Gasteiger partial charge in [-0.25, -0.2) is 4.98 Å². The van der Waals surface area contributed by atoms with Crippen LogP contribution in [0.4, 0.5) is 5.82 Å². The van der Waals surface area contributed by atoms with Crippen molar-refractivity contribution in [3.05, 3.63) is 37.1 Å². The zero-order valence-corrected chi connectivity index (χ0v) is 15.2. The summed E-state index contributed by atoms with van der Waals surface area (Å²) in [5.74, 6) is 2.38. The zero-order chi connectivity index (χ0) is 17.9. The summed E-state index contributed by atoms with van der Waals surface area (Å²) in [5, 5.41) is 8.24. The minimum Gasteiger partial charge on any atom is -0.355 e. The molecule has 0 N–H and O–H groups in total. The lowest BCUT2D eigenvalue weighted by atomic mass is 9.97. The van der Waals surface area contributed by atoms with E-state index >= 15 is 0 Å². The molecular formula is C19H26N6O. The molecule has 3 heterocycles. The maximum Gasteiger partial charge on any atom is 0.222 e. The number of aromatic nitrogens is 4. The standard InChI is InChI=1S/C19H26N6O/c1-23(18-4-2-8-21-22-18)17-7-6-15-12-25(13-16(15)17)19(26)5-3-10-24-11-9-20-14-24/h2,4,8-9,11,14-17H,3,5-7,10,12-13H2,1H3/t15-,16+,17-/m1/s1. The number of fused-ring (bicyclic) bond motifs is 1. The fourth-order valence-electron chi connectivity index (χ4n) is 4.56. The monoisotopic (exact) mass is 354 g/mol. The largest absolute Gasteiger partial charge is 0.355 e. The smallest absolute Gasteiger partial charge is 0.222 e. The number of imidazole rings is 1. The maximum absolute atomic E-state index is 12.6. The molecule has 3 atom stereocenters. The van der Waals surface area contributed by atoms with Crippen LogP contribution in [-0.2, 0) is 11.3 Å². The van der Waals surface area contributed by atoms with Gasteiger partial charge in [-0.3, -0.25) is 4.79 Å². The van der Waals surface area contributed by atoms with Crippen molar-refractivity contribution in [3.63, 3.8) is 0 Å². The molecule has 2 aliphatic rings. The summed E-state index contributed by atoms with van der Waals surface area (Å²) in [6, 6.07) is 4.38. The number of hydrogen-bond donors (Lipinski definition) is 0. The third-order valence-electron chi connectivity index (χ3n) is 5.95. The number of carbonyl (C=O) groups excluding carboxylic acids is 1. The molecule has 138 valence electrons. The van der Waals surface area contributed by atoms with Crippen molar-refractivity contribution in [1.82, 2.24) is 24.6 Å². The van der Waals surface area contributed by atoms with E-state index in [9.17, 15) is 4.79 Å². The van der Waals surface area contributed by atoms with Crippen LogP contribution < -0.4 is 4.90 Å². The lowest BCUT2D eigenvalue weighted by molar-refractivity contribution is -0.130. The van der Waals surface area contributed by atoms with E-state index in [4.69, 9.17) is 0 Å². The molecule has 2 aromatic heterocycles. The third kappa shape index (κ3) is 3.43. The van der Waals surface area contributed by atoms with Crippen molar-refractivity contribution in [2.75, 3.05) is 25.0 Å². The predicted octanol–water partition coefficient (Wildman–Crippen LogP) is 1.83. The zero-order valence-electron chi connectivity index (χ0n) is 15.2. The Labute approximate surface area is 154 Å². The first-order valence-corrected chi connectivity index (χ1v) is 9.46. The number of anilines is 1. The Morgan fingerprint density at radius 1 is 1.31 bits per heavy atom. The Hall–Kier alpha value is -2.44. The molecule has 7 nitrogen and oxygen atoms in total. The van der Waals surface area contributed by atoms with Crippen molar-refractivity contribution >= 4 is 11.7 Å². The van der Waals surface area contributed by atoms with Gasteiger partial charge in [-0.05, 0) is 37.3 Å². The van der Waals surface area contributed by atoms with Gasteiger partial charge in [-0.15, -0.1) is 5.10 Å². The SMILES string of the molecule is CN(c1cccnn1)[C@@H]1CC[C@@H]2CN(C(=O)CCCn3ccnc3)C[C@@H]21. The van der Waals surface area contributed by atoms with Crippen LogP contribution in [0.15, 0.2) is 37.1 Å². The molecule has 1 aliphatic heterocycles. The molecule has 2 fully saturated rings. The van der Waals surface area contributed by atoms with Gasteiger partial charge in [0.15, 0.2) is 5.82 Å². The van der Waals surface area contributed by atoms with Crippen molar-refractivity contribution in [2.24, 2.45) is 11.8 Å². The van der Waals surface area contributed by atoms with Crippen LogP contribution in [0.3, 0.4) is 0 Å². The number of nitrogens with zero attached hydrogens (tertiary/aromatic N) is 6. The van der Waals surface area contributed by atoms with Crippen molar-refractivity contribution < 1.29 is 4.79 Å². The van der Waals surface area contributed by atoms with Gasteiger partial charge in [0.2, 0.25) is 5.91 Å². The number of aryl methyl sites for hydroxylation is 1. The van der Waals surface area contributed by atoms with Crippen molar-refractivity contribution in [2.45, 2.75) is 38.3 Å². The van der Waals surface area contributed by atoms with Crippen LogP contribution in [-0.4, -0.2) is 56.7 Å². The Morgan fingerprint density at radius 3 is 3.00 bits per heavy atom. The molecule has 0 bridgehead atoms. The van der Waals surface area contributed by atoms with Gasteiger partial charge in [0, 0.05) is 63.7 Å². The van der Waals surface area contributed by atoms with E-state index in [1.807, 2.05) is 22.9 Å². The first-order valence-electron chi connectivity index (χ1n) is 9.46. The number of carbonyl (C=O) groups is 1. The molecule has 0 unspecified atom stereocenters. The van der Waals surface area contributed by atoms with Gasteiger partial charge in [-0.1, -0.05) is 0 Å². The van der Waals surface area contributed by atoms with E-state index in [2.05, 4.69) is 32.0 Å². The van der Waals surface area contributed by atoms with E-state index in [-0.39, 0.29) is 0 Å². The second-order valence-electron chi connectivity index (χ2n) is 7.46. The summed E-state index contributed by atoms with van der Waals surface area (Å²) in [4.78, 5) is 21.0. The van der Waals surface area contributed by atoms with Crippen LogP contribution in [0, 0.1) is 11.8 Å². The Bertz CT molecular complexity index is 719. The maximum atomic E-state index is 12.6. The molecular weight excluding hydrogens is 328 g/mol. The fraction of sp³-hybridized carbons (Fsp3) is 0.579. The minimum atomic E-state index is 0.292. The number of likely N-dealkylation sites (tertiary alicyclic amines) is 1. The highest BCUT2D eigenvalue weighted by molar-refractivity contribution is 5.76. The Morgan fingerprint density at radius 2 is 2.23 bits per heavy atom. The van der Waals surface area contributed by atoms with Gasteiger partial charge >= 0.3 is 0 Å². The van der Waals surface area contributed by atoms with E-state index in [0.29, 0.717) is 30.2 Å². The van der Waals surface area contributed by atoms with Gasteiger partial charge in [0.1, 0.15) is 0 Å². The molecule has 1 saturated carbocycles. The summed E-state index contributed by atoms with van der Waals surface area (Å²) >= 11 is 0. The highest BCUT2D eigenvalue weighted by Crippen LogP contribution is 2.41. The van der Waals surface area contributed by atoms with Gasteiger partial charge in [-0.2, -0.15) is 5.10 Å². The number of amides is 1. The van der Waals surface area contributed by atoms with Gasteiger partial charge < -0.3 is 14.4 Å². The molecule has 7 heteroatoms. The van der Waals surface area contributed by atoms with E-state index in [1.54, 1.807) is 18.7 Å². The average molecular weight is 354 g/mol. The molecule has 2 aromatic rings. The molecule has 1 aliphatic carbocycles. The van der Waals surface area contributed by atoms with Gasteiger partial charge in [0.05, 0.1) is 6.33 Å². The predicted molar refractivity (Wildman–Crippen MR) is 98.5 cm³/mol. The van der Waals surface area contributed by atoms with Gasteiger partial charge in [0.25, 0.3) is 0 Å². The molecule has 0 aromatic carbocycles. The minimum absolute atomic E-state index is 0.292. The van der Waals surface area contributed by atoms with Crippen LogP contribution in [0.5, 0.6) is 0 Å². The van der Waals surface area contributed by atoms with Crippen molar-refractivity contribution in [1.29, 1.82) is 0 Å². The number of rotatable bonds is 6. The second kappa shape index (κ2) is 7.43. The summed E-state index contributed by atoms with van der Waals surface area (Å²) < 4.78 is 2.03. The summed E-state index contributed by atoms with van der Waals surface area (Å²) in [7, 11) is 2.10. The van der Waals surface area contributed by atoms with Crippen LogP contribution in [0.2, 0.25) is 0 Å². The van der Waals surface area contributed by atoms with E-state index in [1.165, 1.54) is 12.8 Å². The molecule has 1 amide bonds. The van der Waals surface area contributed by atoms with Crippen LogP contribution in [0.25, 0.3) is 0 Å². The highest BCUT2D eigenvalue weighted by Gasteiger charge is 2.45. The molecule has 26 heavy (non-hydrogen) atoms. The van der Waals surface area contributed by atoms with Crippen LogP contribution in [0.1, 0.15) is 25.7 Å². The number of hydrogen-bond acceptors (Lipinski definition) is 5. The first kappa shape index (κ1) is 17.0. The lowest BCUT2D eigenvalue weighted by Crippen LogP contribution is -2.39. The van der Waals surface area contributed by atoms with E-state index in [0.717, 1.165) is 31.9 Å². The summed E-state index contributed by atoms with van der Waals surface area (Å²) in [5.41, 5.74) is 0. The first-order chi connectivity index (χ1) is 12.7. The summed E-state index contributed by atoms with van der Waals surface area (Å²) in [6.45, 7) is 2.65. The molecule has 4 rings (SSSR count). The quantitative estimate of drug-likeness (QED) is 0.792. The lowest BCUT2D eigenvalue weighted by Gasteiger charge is -2.30. The second-order valence-corrected chi connectivity index (χ2v) is 7.46. The summed E-state index contributed by atoms with van der Waals surface area (Å²) in [6.07, 6.45) is 11.1. The average Bonchev–Trinajstić information content (AvgIpc) is 3.39. The Kier molecular flexibility index (Phi) is 4.86. The normalized spacial score (nSPS) is 24.7. The highest BCUT2D eigenvalue weighted by atomic mass is 16.2. The van der Waals surface area contributed by atoms with E-state index < -0.39 is 0 Å². The fourth-order valence-corrected chi connectivity index (χ4v) is 4.56. The topological polar surface area (TPSA) is 67.2 Å². The Balaban J connectivity index is 1.31.